The Kier molecular flexibility index (Phi) is 3.62. The Hall–Kier alpha value is -0.860. The molecule has 0 aromatic heterocycles. The highest BCUT2D eigenvalue weighted by Crippen LogP contribution is 2.31. The molecular formula is C13H21NO2. The number of hydrogen-bond donors (Lipinski definition) is 0. The molecule has 1 aliphatic heterocycles. The maximum atomic E-state index is 12.1. The maximum absolute atomic E-state index is 12.1. The minimum atomic E-state index is 0.202. The monoisotopic (exact) mass is 223 g/mol. The molecule has 0 radical (unpaired) electrons. The van der Waals surface area contributed by atoms with Gasteiger partial charge in [-0.15, -0.1) is 0 Å². The second-order valence-corrected chi connectivity index (χ2v) is 5.19. The molecule has 1 heterocycles. The summed E-state index contributed by atoms with van der Waals surface area (Å²) in [5, 5.41) is 0. The van der Waals surface area contributed by atoms with Crippen molar-refractivity contribution in [1.82, 2.24) is 4.90 Å². The quantitative estimate of drug-likeness (QED) is 0.718. The highest BCUT2D eigenvalue weighted by atomic mass is 16.2. The van der Waals surface area contributed by atoms with Crippen LogP contribution in [0.1, 0.15) is 45.4 Å². The van der Waals surface area contributed by atoms with Crippen molar-refractivity contribution in [2.75, 3.05) is 13.1 Å². The predicted octanol–water partition coefficient (Wildman–Crippen LogP) is 2.00. The summed E-state index contributed by atoms with van der Waals surface area (Å²) in [5.41, 5.74) is 0. The molecule has 16 heavy (non-hydrogen) atoms. The lowest BCUT2D eigenvalue weighted by Crippen LogP contribution is -2.36. The molecule has 1 saturated carbocycles. The Morgan fingerprint density at radius 3 is 1.94 bits per heavy atom. The van der Waals surface area contributed by atoms with Crippen LogP contribution in [0.15, 0.2) is 0 Å². The fourth-order valence-corrected chi connectivity index (χ4v) is 2.94. The summed E-state index contributed by atoms with van der Waals surface area (Å²) in [4.78, 5) is 25.4. The van der Waals surface area contributed by atoms with E-state index in [0.717, 1.165) is 51.6 Å². The average Bonchev–Trinajstić information content (AvgIpc) is 2.81. The molecule has 0 spiro atoms. The molecule has 2 rings (SSSR count). The van der Waals surface area contributed by atoms with Crippen molar-refractivity contribution in [2.24, 2.45) is 11.8 Å². The topological polar surface area (TPSA) is 37.4 Å². The number of hydrogen-bond acceptors (Lipinski definition) is 2. The van der Waals surface area contributed by atoms with Crippen molar-refractivity contribution in [3.63, 3.8) is 0 Å². The first-order valence-electron chi connectivity index (χ1n) is 6.47. The summed E-state index contributed by atoms with van der Waals surface area (Å²) in [6, 6.07) is 0. The predicted molar refractivity (Wildman–Crippen MR) is 61.9 cm³/mol. The molecule has 3 nitrogen and oxygen atoms in total. The number of carbonyl (C=O) groups excluding carboxylic acids is 2. The molecule has 90 valence electrons. The summed E-state index contributed by atoms with van der Waals surface area (Å²) in [7, 11) is 0. The van der Waals surface area contributed by atoms with Gasteiger partial charge < -0.3 is 4.90 Å². The van der Waals surface area contributed by atoms with Crippen LogP contribution in [0.2, 0.25) is 0 Å². The minimum absolute atomic E-state index is 0.202. The Bertz CT molecular complexity index is 274. The third kappa shape index (κ3) is 2.45. The molecule has 1 saturated heterocycles. The van der Waals surface area contributed by atoms with Crippen LogP contribution in [0.3, 0.4) is 0 Å². The average molecular weight is 223 g/mol. The van der Waals surface area contributed by atoms with E-state index in [1.54, 1.807) is 6.92 Å². The summed E-state index contributed by atoms with van der Waals surface area (Å²) in [6.07, 6.45) is 5.99. The number of Topliss-reactive ketones (excluding diaryl/α,β-unsaturated/α-hetero) is 1. The number of rotatable bonds is 2. The molecule has 3 heteroatoms. The molecule has 0 bridgehead atoms. The van der Waals surface area contributed by atoms with Crippen LogP contribution in [-0.2, 0) is 9.59 Å². The Balaban J connectivity index is 1.84. The summed E-state index contributed by atoms with van der Waals surface area (Å²) < 4.78 is 0. The van der Waals surface area contributed by atoms with Crippen molar-refractivity contribution in [3.05, 3.63) is 0 Å². The lowest BCUT2D eigenvalue weighted by atomic mass is 9.80. The Morgan fingerprint density at radius 1 is 0.938 bits per heavy atom. The van der Waals surface area contributed by atoms with Gasteiger partial charge in [0.15, 0.2) is 0 Å². The van der Waals surface area contributed by atoms with Gasteiger partial charge in [0.25, 0.3) is 0 Å². The number of ketones is 1. The van der Waals surface area contributed by atoms with Crippen LogP contribution in [0, 0.1) is 11.8 Å². The highest BCUT2D eigenvalue weighted by molar-refractivity contribution is 5.81. The molecular weight excluding hydrogens is 202 g/mol. The third-order valence-electron chi connectivity index (χ3n) is 4.07. The third-order valence-corrected chi connectivity index (χ3v) is 4.07. The Labute approximate surface area is 97.2 Å². The van der Waals surface area contributed by atoms with E-state index in [4.69, 9.17) is 0 Å². The van der Waals surface area contributed by atoms with Crippen LogP contribution < -0.4 is 0 Å². The van der Waals surface area contributed by atoms with Crippen LogP contribution in [0.25, 0.3) is 0 Å². The van der Waals surface area contributed by atoms with Gasteiger partial charge >= 0.3 is 0 Å². The van der Waals surface area contributed by atoms with Gasteiger partial charge in [0.2, 0.25) is 5.91 Å². The van der Waals surface area contributed by atoms with E-state index < -0.39 is 0 Å². The van der Waals surface area contributed by atoms with Crippen molar-refractivity contribution in [1.29, 1.82) is 0 Å². The minimum Gasteiger partial charge on any atom is -0.342 e. The van der Waals surface area contributed by atoms with E-state index in [1.807, 2.05) is 4.90 Å². The number of amides is 1. The first kappa shape index (κ1) is 11.6. The molecule has 1 aliphatic carbocycles. The van der Waals surface area contributed by atoms with E-state index >= 15 is 0 Å². The fourth-order valence-electron chi connectivity index (χ4n) is 2.94. The fraction of sp³-hybridized carbons (Fsp3) is 0.846. The molecule has 0 atom stereocenters. The largest absolute Gasteiger partial charge is 0.342 e. The van der Waals surface area contributed by atoms with E-state index in [2.05, 4.69) is 0 Å². The lowest BCUT2D eigenvalue weighted by Gasteiger charge is -2.29. The smallest absolute Gasteiger partial charge is 0.225 e. The lowest BCUT2D eigenvalue weighted by molar-refractivity contribution is -0.136. The second kappa shape index (κ2) is 4.98. The SMILES string of the molecule is CC(=O)C1CCC(C(=O)N2CCCC2)CC1. The van der Waals surface area contributed by atoms with Gasteiger partial charge in [0.05, 0.1) is 0 Å². The molecule has 0 aromatic rings. The van der Waals surface area contributed by atoms with E-state index in [-0.39, 0.29) is 11.8 Å². The summed E-state index contributed by atoms with van der Waals surface area (Å²) in [6.45, 7) is 3.57. The van der Waals surface area contributed by atoms with Gasteiger partial charge in [0, 0.05) is 24.9 Å². The molecule has 1 amide bonds. The van der Waals surface area contributed by atoms with Crippen LogP contribution in [0.5, 0.6) is 0 Å². The maximum Gasteiger partial charge on any atom is 0.225 e. The van der Waals surface area contributed by atoms with Crippen molar-refractivity contribution >= 4 is 11.7 Å². The van der Waals surface area contributed by atoms with Crippen molar-refractivity contribution in [3.8, 4) is 0 Å². The zero-order valence-electron chi connectivity index (χ0n) is 10.1. The van der Waals surface area contributed by atoms with Gasteiger partial charge in [-0.1, -0.05) is 0 Å². The van der Waals surface area contributed by atoms with Gasteiger partial charge in [-0.2, -0.15) is 0 Å². The Morgan fingerprint density at radius 2 is 1.44 bits per heavy atom. The zero-order valence-corrected chi connectivity index (χ0v) is 10.1. The van der Waals surface area contributed by atoms with Crippen LogP contribution in [-0.4, -0.2) is 29.7 Å². The highest BCUT2D eigenvalue weighted by Gasteiger charge is 2.31. The van der Waals surface area contributed by atoms with E-state index in [9.17, 15) is 9.59 Å². The van der Waals surface area contributed by atoms with Crippen molar-refractivity contribution in [2.45, 2.75) is 45.4 Å². The number of nitrogens with zero attached hydrogens (tertiary/aromatic N) is 1. The van der Waals surface area contributed by atoms with Gasteiger partial charge in [-0.05, 0) is 45.4 Å². The standard InChI is InChI=1S/C13H21NO2/c1-10(15)11-4-6-12(7-5-11)13(16)14-8-2-3-9-14/h11-12H,2-9H2,1H3. The summed E-state index contributed by atoms with van der Waals surface area (Å²) >= 11 is 0. The van der Waals surface area contributed by atoms with Crippen molar-refractivity contribution < 1.29 is 9.59 Å². The molecule has 0 aromatic carbocycles. The van der Waals surface area contributed by atoms with E-state index in [1.165, 1.54) is 0 Å². The number of likely N-dealkylation sites (tertiary alicyclic amines) is 1. The van der Waals surface area contributed by atoms with Gasteiger partial charge in [0.1, 0.15) is 5.78 Å². The summed E-state index contributed by atoms with van der Waals surface area (Å²) in [5.74, 6) is 1.07. The molecule has 0 unspecified atom stereocenters. The van der Waals surface area contributed by atoms with E-state index in [0.29, 0.717) is 11.7 Å². The van der Waals surface area contributed by atoms with Crippen LogP contribution in [0.4, 0.5) is 0 Å². The normalized spacial score (nSPS) is 30.4. The zero-order chi connectivity index (χ0) is 11.5. The molecule has 0 N–H and O–H groups in total. The van der Waals surface area contributed by atoms with Crippen LogP contribution >= 0.6 is 0 Å². The molecule has 2 fully saturated rings. The molecule has 2 aliphatic rings. The second-order valence-electron chi connectivity index (χ2n) is 5.19. The first-order chi connectivity index (χ1) is 7.68. The van der Waals surface area contributed by atoms with Gasteiger partial charge in [-0.3, -0.25) is 9.59 Å². The number of carbonyl (C=O) groups is 2. The van der Waals surface area contributed by atoms with Gasteiger partial charge in [-0.25, -0.2) is 0 Å². The first-order valence-corrected chi connectivity index (χ1v) is 6.47.